The van der Waals surface area contributed by atoms with Gasteiger partial charge in [0, 0.05) is 17.3 Å². The van der Waals surface area contributed by atoms with E-state index in [1.807, 2.05) is 42.5 Å². The van der Waals surface area contributed by atoms with Crippen LogP contribution in [0.5, 0.6) is 17.2 Å². The fourth-order valence-electron chi connectivity index (χ4n) is 2.80. The predicted octanol–water partition coefficient (Wildman–Crippen LogP) is 3.82. The highest BCUT2D eigenvalue weighted by molar-refractivity contribution is 7.89. The monoisotopic (exact) mass is 422 g/mol. The second-order valence-electron chi connectivity index (χ2n) is 6.36. The Bertz CT molecular complexity index is 1290. The summed E-state index contributed by atoms with van der Waals surface area (Å²) in [4.78, 5) is 8.89. The Kier molecular flexibility index (Phi) is 5.21. The first-order chi connectivity index (χ1) is 14.4. The summed E-state index contributed by atoms with van der Waals surface area (Å²) in [6, 6.07) is 18.8. The van der Waals surface area contributed by atoms with E-state index in [0.29, 0.717) is 28.7 Å². The van der Waals surface area contributed by atoms with E-state index in [1.165, 1.54) is 12.1 Å². The maximum atomic E-state index is 11.4. The van der Waals surface area contributed by atoms with Crippen molar-refractivity contribution in [1.29, 1.82) is 0 Å². The molecule has 0 atom stereocenters. The summed E-state index contributed by atoms with van der Waals surface area (Å²) in [5, 5.41) is 8.99. The number of nitrogens with one attached hydrogen (secondary N) is 1. The number of anilines is 2. The molecule has 0 fully saturated rings. The third kappa shape index (κ3) is 4.32. The summed E-state index contributed by atoms with van der Waals surface area (Å²) in [7, 11) is -2.14. The summed E-state index contributed by atoms with van der Waals surface area (Å²) in [6.45, 7) is 0. The lowest BCUT2D eigenvalue weighted by Crippen LogP contribution is -2.11. The molecular weight excluding hydrogens is 404 g/mol. The van der Waals surface area contributed by atoms with Crippen LogP contribution in [0, 0.1) is 0 Å². The third-order valence-electron chi connectivity index (χ3n) is 4.30. The standard InChI is InChI=1S/C21H18N4O4S/c1-28-16-7-9-17(10-8-16)29-19-4-2-3-14-13-23-21(25-20(14)19)24-15-5-11-18(12-6-15)30(22,26)27/h2-13H,1H3,(H2,22,26,27)(H,23,24,25). The number of ether oxygens (including phenoxy) is 2. The maximum absolute atomic E-state index is 11.4. The van der Waals surface area contributed by atoms with Crippen LogP contribution in [0.15, 0.2) is 77.8 Å². The first kappa shape index (κ1) is 19.6. The molecule has 0 aliphatic carbocycles. The van der Waals surface area contributed by atoms with E-state index in [4.69, 9.17) is 14.6 Å². The number of methoxy groups -OCH3 is 1. The van der Waals surface area contributed by atoms with Gasteiger partial charge in [0.25, 0.3) is 0 Å². The quantitative estimate of drug-likeness (QED) is 0.485. The summed E-state index contributed by atoms with van der Waals surface area (Å²) >= 11 is 0. The van der Waals surface area contributed by atoms with Gasteiger partial charge in [-0.1, -0.05) is 12.1 Å². The Morgan fingerprint density at radius 2 is 1.63 bits per heavy atom. The van der Waals surface area contributed by atoms with Crippen LogP contribution in [0.2, 0.25) is 0 Å². The Morgan fingerprint density at radius 1 is 0.933 bits per heavy atom. The number of hydrogen-bond acceptors (Lipinski definition) is 7. The highest BCUT2D eigenvalue weighted by Gasteiger charge is 2.10. The van der Waals surface area contributed by atoms with Crippen molar-refractivity contribution < 1.29 is 17.9 Å². The normalized spacial score (nSPS) is 11.3. The highest BCUT2D eigenvalue weighted by Crippen LogP contribution is 2.30. The number of para-hydroxylation sites is 1. The van der Waals surface area contributed by atoms with Gasteiger partial charge in [-0.15, -0.1) is 0 Å². The van der Waals surface area contributed by atoms with Crippen molar-refractivity contribution >= 4 is 32.6 Å². The van der Waals surface area contributed by atoms with Crippen LogP contribution in [0.4, 0.5) is 11.6 Å². The zero-order valence-corrected chi connectivity index (χ0v) is 16.8. The Balaban J connectivity index is 1.62. The van der Waals surface area contributed by atoms with Crippen molar-refractivity contribution in [2.45, 2.75) is 4.90 Å². The summed E-state index contributed by atoms with van der Waals surface area (Å²) in [5.74, 6) is 2.31. The molecule has 0 saturated carbocycles. The van der Waals surface area contributed by atoms with Crippen LogP contribution in [0.3, 0.4) is 0 Å². The van der Waals surface area contributed by atoms with Gasteiger partial charge in [-0.2, -0.15) is 0 Å². The van der Waals surface area contributed by atoms with Crippen molar-refractivity contribution in [2.75, 3.05) is 12.4 Å². The molecule has 30 heavy (non-hydrogen) atoms. The fraction of sp³-hybridized carbons (Fsp3) is 0.0476. The number of sulfonamides is 1. The molecule has 1 heterocycles. The van der Waals surface area contributed by atoms with Gasteiger partial charge in [0.1, 0.15) is 17.0 Å². The molecule has 9 heteroatoms. The van der Waals surface area contributed by atoms with Crippen LogP contribution in [-0.4, -0.2) is 25.5 Å². The highest BCUT2D eigenvalue weighted by atomic mass is 32.2. The van der Waals surface area contributed by atoms with Crippen molar-refractivity contribution in [1.82, 2.24) is 9.97 Å². The van der Waals surface area contributed by atoms with Crippen molar-refractivity contribution in [3.8, 4) is 17.2 Å². The number of nitrogens with zero attached hydrogens (tertiary/aromatic N) is 2. The number of benzene rings is 3. The summed E-state index contributed by atoms with van der Waals surface area (Å²) < 4.78 is 33.9. The molecule has 3 aromatic carbocycles. The number of rotatable bonds is 6. The topological polar surface area (TPSA) is 116 Å². The Labute approximate surface area is 173 Å². The van der Waals surface area contributed by atoms with Crippen LogP contribution >= 0.6 is 0 Å². The van der Waals surface area contributed by atoms with Gasteiger partial charge >= 0.3 is 0 Å². The maximum Gasteiger partial charge on any atom is 0.238 e. The molecule has 0 aliphatic rings. The zero-order chi connectivity index (χ0) is 21.1. The SMILES string of the molecule is COc1ccc(Oc2cccc3cnc(Nc4ccc(S(N)(=O)=O)cc4)nc23)cc1. The van der Waals surface area contributed by atoms with Crippen LogP contribution in [0.25, 0.3) is 10.9 Å². The minimum Gasteiger partial charge on any atom is -0.497 e. The van der Waals surface area contributed by atoms with E-state index < -0.39 is 10.0 Å². The fourth-order valence-corrected chi connectivity index (χ4v) is 3.31. The van der Waals surface area contributed by atoms with E-state index in [2.05, 4.69) is 15.3 Å². The number of hydrogen-bond donors (Lipinski definition) is 2. The van der Waals surface area contributed by atoms with E-state index in [-0.39, 0.29) is 4.90 Å². The Hall–Kier alpha value is -3.69. The van der Waals surface area contributed by atoms with E-state index in [0.717, 1.165) is 11.1 Å². The molecular formula is C21H18N4O4S. The molecule has 0 amide bonds. The molecule has 1 aromatic heterocycles. The van der Waals surface area contributed by atoms with Crippen molar-refractivity contribution in [3.05, 3.63) is 72.9 Å². The van der Waals surface area contributed by atoms with E-state index >= 15 is 0 Å². The minimum atomic E-state index is -3.74. The molecule has 0 unspecified atom stereocenters. The molecule has 0 bridgehead atoms. The van der Waals surface area contributed by atoms with Gasteiger partial charge in [-0.3, -0.25) is 0 Å². The first-order valence-corrected chi connectivity index (χ1v) is 10.4. The van der Waals surface area contributed by atoms with Crippen molar-refractivity contribution in [3.63, 3.8) is 0 Å². The smallest absolute Gasteiger partial charge is 0.238 e. The largest absolute Gasteiger partial charge is 0.497 e. The zero-order valence-electron chi connectivity index (χ0n) is 15.9. The Morgan fingerprint density at radius 3 is 2.30 bits per heavy atom. The molecule has 8 nitrogen and oxygen atoms in total. The van der Waals surface area contributed by atoms with E-state index in [1.54, 1.807) is 25.4 Å². The van der Waals surface area contributed by atoms with E-state index in [9.17, 15) is 8.42 Å². The lowest BCUT2D eigenvalue weighted by molar-refractivity contribution is 0.413. The molecule has 0 radical (unpaired) electrons. The van der Waals surface area contributed by atoms with Gasteiger partial charge in [0.15, 0.2) is 5.75 Å². The third-order valence-corrected chi connectivity index (χ3v) is 5.23. The lowest BCUT2D eigenvalue weighted by Gasteiger charge is -2.11. The molecule has 0 saturated heterocycles. The first-order valence-electron chi connectivity index (χ1n) is 8.90. The van der Waals surface area contributed by atoms with Gasteiger partial charge in [-0.25, -0.2) is 23.5 Å². The minimum absolute atomic E-state index is 0.0302. The van der Waals surface area contributed by atoms with Crippen LogP contribution in [0.1, 0.15) is 0 Å². The summed E-state index contributed by atoms with van der Waals surface area (Å²) in [6.07, 6.45) is 1.68. The molecule has 152 valence electrons. The molecule has 3 N–H and O–H groups in total. The molecule has 4 aromatic rings. The lowest BCUT2D eigenvalue weighted by atomic mass is 10.2. The second kappa shape index (κ2) is 7.97. The second-order valence-corrected chi connectivity index (χ2v) is 7.92. The molecule has 4 rings (SSSR count). The predicted molar refractivity (Wildman–Crippen MR) is 114 cm³/mol. The van der Waals surface area contributed by atoms with Gasteiger partial charge in [0.2, 0.25) is 16.0 Å². The number of aromatic nitrogens is 2. The molecule has 0 aliphatic heterocycles. The van der Waals surface area contributed by atoms with Gasteiger partial charge in [0.05, 0.1) is 12.0 Å². The van der Waals surface area contributed by atoms with Crippen LogP contribution in [-0.2, 0) is 10.0 Å². The summed E-state index contributed by atoms with van der Waals surface area (Å²) in [5.41, 5.74) is 1.25. The van der Waals surface area contributed by atoms with Crippen LogP contribution < -0.4 is 19.9 Å². The molecule has 0 spiro atoms. The van der Waals surface area contributed by atoms with Gasteiger partial charge in [-0.05, 0) is 54.6 Å². The number of nitrogens with two attached hydrogens (primary N) is 1. The number of fused-ring (bicyclic) bond motifs is 1. The average molecular weight is 422 g/mol. The number of primary sulfonamides is 1. The van der Waals surface area contributed by atoms with Crippen molar-refractivity contribution in [2.24, 2.45) is 5.14 Å². The average Bonchev–Trinajstić information content (AvgIpc) is 2.74. The van der Waals surface area contributed by atoms with Gasteiger partial charge < -0.3 is 14.8 Å².